The first-order chi connectivity index (χ1) is 13.0. The summed E-state index contributed by atoms with van der Waals surface area (Å²) in [6.07, 6.45) is 5.10. The number of aromatic nitrogens is 4. The van der Waals surface area contributed by atoms with Crippen molar-refractivity contribution in [1.29, 1.82) is 5.26 Å². The lowest BCUT2D eigenvalue weighted by molar-refractivity contribution is -0.0703. The van der Waals surface area contributed by atoms with E-state index in [0.29, 0.717) is 35.5 Å². The van der Waals surface area contributed by atoms with Gasteiger partial charge in [-0.15, -0.1) is 0 Å². The summed E-state index contributed by atoms with van der Waals surface area (Å²) in [5, 5.41) is 20.4. The Morgan fingerprint density at radius 3 is 2.89 bits per heavy atom. The molecule has 1 atom stereocenters. The van der Waals surface area contributed by atoms with Crippen LogP contribution in [0.25, 0.3) is 16.6 Å². The Morgan fingerprint density at radius 2 is 2.19 bits per heavy atom. The van der Waals surface area contributed by atoms with Gasteiger partial charge in [0.1, 0.15) is 28.9 Å². The van der Waals surface area contributed by atoms with E-state index in [9.17, 15) is 14.0 Å². The van der Waals surface area contributed by atoms with Crippen LogP contribution in [-0.4, -0.2) is 45.5 Å². The number of ether oxygens (including phenoxy) is 1. The van der Waals surface area contributed by atoms with E-state index in [1.165, 1.54) is 18.0 Å². The topological polar surface area (TPSA) is 80.2 Å². The highest BCUT2D eigenvalue weighted by atomic mass is 19.3. The molecule has 1 aliphatic rings. The van der Waals surface area contributed by atoms with Crippen LogP contribution < -0.4 is 10.1 Å². The Morgan fingerprint density at radius 1 is 1.37 bits per heavy atom. The van der Waals surface area contributed by atoms with E-state index < -0.39 is 12.0 Å². The molecule has 0 bridgehead atoms. The first kappa shape index (κ1) is 17.4. The molecule has 1 saturated heterocycles. The Bertz CT molecular complexity index is 1050. The third-order valence-electron chi connectivity index (χ3n) is 5.01. The van der Waals surface area contributed by atoms with E-state index in [-0.39, 0.29) is 6.54 Å². The number of nitriles is 1. The molecular formula is C18H18F2N6O. The van der Waals surface area contributed by atoms with E-state index in [1.807, 2.05) is 0 Å². The number of methoxy groups -OCH3 is 1. The van der Waals surface area contributed by atoms with Crippen LogP contribution in [0, 0.1) is 18.3 Å². The van der Waals surface area contributed by atoms with Crippen molar-refractivity contribution in [1.82, 2.24) is 24.7 Å². The second kappa shape index (κ2) is 6.32. The van der Waals surface area contributed by atoms with Gasteiger partial charge in [0, 0.05) is 23.0 Å². The number of nitrogens with zero attached hydrogens (tertiary/aromatic N) is 5. The van der Waals surface area contributed by atoms with Crippen LogP contribution in [0.5, 0.6) is 5.75 Å². The molecule has 0 radical (unpaired) electrons. The normalized spacial score (nSPS) is 19.1. The first-order valence-electron chi connectivity index (χ1n) is 8.54. The fraction of sp³-hybridized carbons (Fsp3) is 0.389. The van der Waals surface area contributed by atoms with Crippen molar-refractivity contribution in [3.8, 4) is 22.9 Å². The molecule has 4 heterocycles. The highest BCUT2D eigenvalue weighted by Gasteiger charge is 2.44. The monoisotopic (exact) mass is 372 g/mol. The number of pyridine rings is 1. The van der Waals surface area contributed by atoms with Crippen LogP contribution in [0.1, 0.15) is 23.7 Å². The smallest absolute Gasteiger partial charge is 0.282 e. The number of hydrogen-bond acceptors (Lipinski definition) is 5. The van der Waals surface area contributed by atoms with Crippen molar-refractivity contribution < 1.29 is 13.5 Å². The second-order valence-electron chi connectivity index (χ2n) is 6.59. The summed E-state index contributed by atoms with van der Waals surface area (Å²) < 4.78 is 37.0. The van der Waals surface area contributed by atoms with Gasteiger partial charge < -0.3 is 10.1 Å². The fourth-order valence-electron chi connectivity index (χ4n) is 3.61. The molecule has 1 aliphatic heterocycles. The molecule has 3 aromatic heterocycles. The number of halogens is 2. The lowest BCUT2D eigenvalue weighted by Gasteiger charge is -2.32. The number of hydrogen-bond donors (Lipinski definition) is 1. The second-order valence-corrected chi connectivity index (χ2v) is 6.59. The molecule has 1 N–H and O–H groups in total. The van der Waals surface area contributed by atoms with Gasteiger partial charge in [0.2, 0.25) is 0 Å². The molecule has 3 aromatic rings. The van der Waals surface area contributed by atoms with Gasteiger partial charge in [0.25, 0.3) is 5.92 Å². The number of alkyl halides is 2. The van der Waals surface area contributed by atoms with Crippen molar-refractivity contribution in [2.75, 3.05) is 20.2 Å². The van der Waals surface area contributed by atoms with E-state index in [2.05, 4.69) is 21.6 Å². The molecule has 140 valence electrons. The van der Waals surface area contributed by atoms with Gasteiger partial charge in [-0.2, -0.15) is 15.5 Å². The maximum atomic E-state index is 14.3. The summed E-state index contributed by atoms with van der Waals surface area (Å²) in [5.41, 5.74) is 3.07. The molecule has 0 amide bonds. The molecule has 0 spiro atoms. The number of fused-ring (bicyclic) bond motifs is 1. The number of rotatable bonds is 3. The minimum atomic E-state index is -2.86. The summed E-state index contributed by atoms with van der Waals surface area (Å²) >= 11 is 0. The summed E-state index contributed by atoms with van der Waals surface area (Å²) in [5.74, 6) is -2.38. The minimum Gasteiger partial charge on any atom is -0.494 e. The minimum absolute atomic E-state index is 0.308. The van der Waals surface area contributed by atoms with Crippen molar-refractivity contribution in [2.24, 2.45) is 0 Å². The molecule has 27 heavy (non-hydrogen) atoms. The van der Waals surface area contributed by atoms with E-state index in [0.717, 1.165) is 11.1 Å². The fourth-order valence-corrected chi connectivity index (χ4v) is 3.61. The van der Waals surface area contributed by atoms with Crippen molar-refractivity contribution in [3.63, 3.8) is 0 Å². The molecule has 4 rings (SSSR count). The quantitative estimate of drug-likeness (QED) is 0.764. The van der Waals surface area contributed by atoms with E-state index >= 15 is 0 Å². The lowest BCUT2D eigenvalue weighted by atomic mass is 10.0. The summed E-state index contributed by atoms with van der Waals surface area (Å²) in [6, 6.07) is 2.87. The van der Waals surface area contributed by atoms with E-state index in [4.69, 9.17) is 4.74 Å². The highest BCUT2D eigenvalue weighted by Crippen LogP contribution is 2.37. The van der Waals surface area contributed by atoms with Crippen LogP contribution in [0.2, 0.25) is 0 Å². The van der Waals surface area contributed by atoms with Crippen molar-refractivity contribution in [2.45, 2.75) is 25.3 Å². The third-order valence-corrected chi connectivity index (χ3v) is 5.01. The maximum absolute atomic E-state index is 14.3. The van der Waals surface area contributed by atoms with Crippen LogP contribution in [0.3, 0.4) is 0 Å². The summed E-state index contributed by atoms with van der Waals surface area (Å²) in [4.78, 5) is 0. The number of nitrogens with one attached hydrogen (secondary N) is 1. The maximum Gasteiger partial charge on any atom is 0.282 e. The van der Waals surface area contributed by atoms with Crippen molar-refractivity contribution >= 4 is 5.52 Å². The molecule has 0 saturated carbocycles. The van der Waals surface area contributed by atoms with Gasteiger partial charge in [0.15, 0.2) is 0 Å². The van der Waals surface area contributed by atoms with Gasteiger partial charge in [-0.05, 0) is 26.0 Å². The molecule has 9 heteroatoms. The van der Waals surface area contributed by atoms with Gasteiger partial charge in [-0.1, -0.05) is 0 Å². The van der Waals surface area contributed by atoms with Crippen molar-refractivity contribution in [3.05, 3.63) is 35.9 Å². The van der Waals surface area contributed by atoms with Crippen LogP contribution in [-0.2, 0) is 0 Å². The Kier molecular flexibility index (Phi) is 4.08. The predicted octanol–water partition coefficient (Wildman–Crippen LogP) is 2.56. The Hall–Kier alpha value is -2.99. The van der Waals surface area contributed by atoms with Gasteiger partial charge >= 0.3 is 0 Å². The zero-order chi connectivity index (χ0) is 19.2. The molecular weight excluding hydrogens is 354 g/mol. The van der Waals surface area contributed by atoms with Gasteiger partial charge in [-0.25, -0.2) is 13.3 Å². The molecule has 7 nitrogen and oxygen atoms in total. The van der Waals surface area contributed by atoms with E-state index in [1.54, 1.807) is 29.9 Å². The highest BCUT2D eigenvalue weighted by molar-refractivity contribution is 5.75. The molecule has 0 aliphatic carbocycles. The van der Waals surface area contributed by atoms with Gasteiger partial charge in [0.05, 0.1) is 26.0 Å². The Balaban J connectivity index is 1.81. The average Bonchev–Trinajstić information content (AvgIpc) is 3.24. The van der Waals surface area contributed by atoms with Crippen LogP contribution >= 0.6 is 0 Å². The number of piperidine rings is 1. The van der Waals surface area contributed by atoms with Crippen LogP contribution in [0.15, 0.2) is 24.7 Å². The molecule has 1 unspecified atom stereocenters. The SMILES string of the molecule is COc1cc(-c2cnn(C3CCNCC3(F)F)c2C)cn2ncc(C#N)c12. The standard InChI is InChI=1S/C18H18F2N6O/c1-11-14(8-24-26(11)16-3-4-22-10-18(16,19)20)12-5-15(27-2)17-13(6-21)7-23-25(17)9-12/h5,7-9,16,22H,3-4,10H2,1-2H3. The Labute approximate surface area is 154 Å². The largest absolute Gasteiger partial charge is 0.494 e. The lowest BCUT2D eigenvalue weighted by Crippen LogP contribution is -2.47. The van der Waals surface area contributed by atoms with Crippen LogP contribution in [0.4, 0.5) is 8.78 Å². The average molecular weight is 372 g/mol. The van der Waals surface area contributed by atoms with Gasteiger partial charge in [-0.3, -0.25) is 4.68 Å². The summed E-state index contributed by atoms with van der Waals surface area (Å²) in [6.45, 7) is 1.95. The molecule has 0 aromatic carbocycles. The predicted molar refractivity (Wildman–Crippen MR) is 93.9 cm³/mol. The third kappa shape index (κ3) is 2.73. The zero-order valence-corrected chi connectivity index (χ0v) is 14.9. The first-order valence-corrected chi connectivity index (χ1v) is 8.54. The zero-order valence-electron chi connectivity index (χ0n) is 14.9. The molecule has 1 fully saturated rings. The summed E-state index contributed by atoms with van der Waals surface area (Å²) in [7, 11) is 1.51.